The molecule has 0 aliphatic heterocycles. The number of benzene rings is 2. The van der Waals surface area contributed by atoms with E-state index in [-0.39, 0.29) is 10.6 Å². The normalized spacial score (nSPS) is 10.8. The third-order valence-electron chi connectivity index (χ3n) is 2.89. The van der Waals surface area contributed by atoms with Gasteiger partial charge in [0.2, 0.25) is 0 Å². The van der Waals surface area contributed by atoms with Gasteiger partial charge in [-0.2, -0.15) is 10.2 Å². The summed E-state index contributed by atoms with van der Waals surface area (Å²) in [6.07, 6.45) is 0. The molecule has 0 atom stereocenters. The van der Waals surface area contributed by atoms with Gasteiger partial charge >= 0.3 is 5.69 Å². The van der Waals surface area contributed by atoms with Crippen molar-refractivity contribution >= 4 is 22.7 Å². The van der Waals surface area contributed by atoms with Gasteiger partial charge in [0.15, 0.2) is 0 Å². The third kappa shape index (κ3) is 3.33. The van der Waals surface area contributed by atoms with E-state index < -0.39 is 0 Å². The van der Waals surface area contributed by atoms with Crippen molar-refractivity contribution in [2.45, 2.75) is 6.92 Å². The van der Waals surface area contributed by atoms with Crippen LogP contribution in [0.2, 0.25) is 0 Å². The molecule has 0 bridgehead atoms. The Labute approximate surface area is 121 Å². The van der Waals surface area contributed by atoms with Gasteiger partial charge in [-0.1, -0.05) is 0 Å². The van der Waals surface area contributed by atoms with Crippen molar-refractivity contribution in [2.75, 3.05) is 12.8 Å². The van der Waals surface area contributed by atoms with Crippen LogP contribution in [0, 0.1) is 11.8 Å². The molecule has 0 heterocycles. The summed E-state index contributed by atoms with van der Waals surface area (Å²) in [4.78, 5) is 10.5. The van der Waals surface area contributed by atoms with E-state index in [1.807, 2.05) is 6.92 Å². The molecule has 2 rings (SSSR count). The summed E-state index contributed by atoms with van der Waals surface area (Å²) in [5.41, 5.74) is 8.52. The minimum Gasteiger partial charge on any atom is -0.495 e. The molecule has 108 valence electrons. The zero-order chi connectivity index (χ0) is 15.4. The van der Waals surface area contributed by atoms with Gasteiger partial charge in [-0.3, -0.25) is 0 Å². The number of nitrogen functional groups attached to an aromatic ring is 1. The first-order valence-corrected chi connectivity index (χ1v) is 6.13. The van der Waals surface area contributed by atoms with Gasteiger partial charge in [-0.05, 0) is 30.7 Å². The Kier molecular flexibility index (Phi) is 4.13. The lowest BCUT2D eigenvalue weighted by molar-refractivity contribution is -0.729. The van der Waals surface area contributed by atoms with E-state index in [9.17, 15) is 4.91 Å². The van der Waals surface area contributed by atoms with Crippen LogP contribution < -0.4 is 10.5 Å². The van der Waals surface area contributed by atoms with Crippen LogP contribution in [0.25, 0.3) is 0 Å². The summed E-state index contributed by atoms with van der Waals surface area (Å²) in [5, 5.41) is 16.9. The van der Waals surface area contributed by atoms with Crippen LogP contribution in [0.5, 0.6) is 5.75 Å². The highest BCUT2D eigenvalue weighted by Crippen LogP contribution is 2.31. The quantitative estimate of drug-likeness (QED) is 0.507. The number of hydrogen-bond donors (Lipinski definition) is 2. The van der Waals surface area contributed by atoms with Crippen LogP contribution in [-0.2, 0) is 0 Å². The Morgan fingerprint density at radius 3 is 2.43 bits per heavy atom. The molecular weight excluding hydrogens is 272 g/mol. The molecule has 0 aliphatic carbocycles. The lowest BCUT2D eigenvalue weighted by atomic mass is 10.1. The number of hydrogen-bond acceptors (Lipinski definition) is 5. The number of rotatable bonds is 4. The Morgan fingerprint density at radius 2 is 1.86 bits per heavy atom. The van der Waals surface area contributed by atoms with E-state index in [0.29, 0.717) is 22.8 Å². The zero-order valence-electron chi connectivity index (χ0n) is 11.6. The predicted molar refractivity (Wildman–Crippen MR) is 77.8 cm³/mol. The summed E-state index contributed by atoms with van der Waals surface area (Å²) >= 11 is 0. The Bertz CT molecular complexity index is 696. The fraction of sp³-hybridized carbons (Fsp3) is 0.143. The second-order valence-corrected chi connectivity index (χ2v) is 4.37. The first-order valence-electron chi connectivity index (χ1n) is 6.13. The lowest BCUT2D eigenvalue weighted by Gasteiger charge is -2.07. The van der Waals surface area contributed by atoms with E-state index >= 15 is 0 Å². The number of nitrogens with two attached hydrogens (primary N) is 1. The standard InChI is InChI=1S/C14H15N4O3/c1-9-7-12(15)14(21-2)8-13(9)17-16-10-3-5-11(6-4-10)18(19)20/h3-8H,15H2,1-2H3,(H,19,20)/q+1/b17-16+. The highest BCUT2D eigenvalue weighted by atomic mass is 16.6. The average Bonchev–Trinajstić information content (AvgIpc) is 2.47. The molecule has 7 nitrogen and oxygen atoms in total. The number of aryl methyl sites for hydroxylation is 1. The first kappa shape index (κ1) is 14.4. The maximum Gasteiger partial charge on any atom is 0.316 e. The molecule has 2 aromatic carbocycles. The van der Waals surface area contributed by atoms with E-state index in [1.165, 1.54) is 19.2 Å². The highest BCUT2D eigenvalue weighted by Gasteiger charge is 2.09. The summed E-state index contributed by atoms with van der Waals surface area (Å²) in [7, 11) is 1.53. The smallest absolute Gasteiger partial charge is 0.316 e. The number of azo groups is 1. The topological polar surface area (TPSA) is 100 Å². The Morgan fingerprint density at radius 1 is 1.19 bits per heavy atom. The van der Waals surface area contributed by atoms with Crippen LogP contribution in [0.1, 0.15) is 5.56 Å². The predicted octanol–water partition coefficient (Wildman–Crippen LogP) is 3.80. The fourth-order valence-electron chi connectivity index (χ4n) is 1.74. The van der Waals surface area contributed by atoms with Crippen molar-refractivity contribution in [3.8, 4) is 5.75 Å². The van der Waals surface area contributed by atoms with Gasteiger partial charge in [-0.15, -0.1) is 0 Å². The second-order valence-electron chi connectivity index (χ2n) is 4.37. The van der Waals surface area contributed by atoms with Gasteiger partial charge in [0, 0.05) is 18.2 Å². The molecule has 7 heteroatoms. The van der Waals surface area contributed by atoms with Crippen LogP contribution in [0.3, 0.4) is 0 Å². The van der Waals surface area contributed by atoms with Crippen molar-refractivity contribution in [3.05, 3.63) is 46.9 Å². The van der Waals surface area contributed by atoms with Gasteiger partial charge in [0.25, 0.3) is 4.92 Å². The second kappa shape index (κ2) is 6.00. The van der Waals surface area contributed by atoms with Gasteiger partial charge in [-0.25, -0.2) is 5.21 Å². The zero-order valence-corrected chi connectivity index (χ0v) is 11.6. The SMILES string of the molecule is COc1cc(/N=N/c2ccc([N+](=O)O)cc2)c(C)cc1N. The fourth-order valence-corrected chi connectivity index (χ4v) is 1.74. The summed E-state index contributed by atoms with van der Waals surface area (Å²) in [6, 6.07) is 9.50. The molecule has 0 aliphatic rings. The Hall–Kier alpha value is -2.96. The lowest BCUT2D eigenvalue weighted by Crippen LogP contribution is -1.92. The van der Waals surface area contributed by atoms with E-state index in [2.05, 4.69) is 10.2 Å². The first-order chi connectivity index (χ1) is 10.0. The van der Waals surface area contributed by atoms with Crippen LogP contribution >= 0.6 is 0 Å². The molecule has 0 spiro atoms. The number of methoxy groups -OCH3 is 1. The molecular formula is C14H15N4O3+. The molecule has 21 heavy (non-hydrogen) atoms. The molecule has 0 saturated heterocycles. The van der Waals surface area contributed by atoms with Gasteiger partial charge in [0.1, 0.15) is 5.75 Å². The summed E-state index contributed by atoms with van der Waals surface area (Å²) in [5.74, 6) is 0.534. The highest BCUT2D eigenvalue weighted by molar-refractivity contribution is 5.63. The summed E-state index contributed by atoms with van der Waals surface area (Å²) < 4.78 is 5.14. The van der Waals surface area contributed by atoms with Crippen molar-refractivity contribution in [1.82, 2.24) is 0 Å². The molecule has 0 amide bonds. The molecule has 0 fully saturated rings. The minimum atomic E-state index is -0.212. The van der Waals surface area contributed by atoms with Crippen LogP contribution in [-0.4, -0.2) is 17.2 Å². The monoisotopic (exact) mass is 287 g/mol. The van der Waals surface area contributed by atoms with Crippen molar-refractivity contribution in [3.63, 3.8) is 0 Å². The minimum absolute atomic E-state index is 0.124. The van der Waals surface area contributed by atoms with Crippen molar-refractivity contribution < 1.29 is 14.9 Å². The maximum atomic E-state index is 10.7. The Balaban J connectivity index is 2.26. The maximum absolute atomic E-state index is 10.7. The van der Waals surface area contributed by atoms with Crippen molar-refractivity contribution in [2.24, 2.45) is 10.2 Å². The number of anilines is 1. The average molecular weight is 287 g/mol. The van der Waals surface area contributed by atoms with Gasteiger partial charge in [0.05, 0.1) is 29.1 Å². The van der Waals surface area contributed by atoms with Crippen LogP contribution in [0.4, 0.5) is 22.7 Å². The number of ether oxygens (including phenoxy) is 1. The van der Waals surface area contributed by atoms with Crippen molar-refractivity contribution in [1.29, 1.82) is 0 Å². The third-order valence-corrected chi connectivity index (χ3v) is 2.89. The molecule has 0 saturated carbocycles. The largest absolute Gasteiger partial charge is 0.495 e. The van der Waals surface area contributed by atoms with Crippen LogP contribution in [0.15, 0.2) is 46.6 Å². The molecule has 2 aromatic rings. The van der Waals surface area contributed by atoms with Gasteiger partial charge < -0.3 is 10.5 Å². The number of nitrogens with zero attached hydrogens (tertiary/aromatic N) is 3. The van der Waals surface area contributed by atoms with E-state index in [4.69, 9.17) is 15.7 Å². The van der Waals surface area contributed by atoms with E-state index in [1.54, 1.807) is 24.3 Å². The molecule has 3 N–H and O–H groups in total. The summed E-state index contributed by atoms with van der Waals surface area (Å²) in [6.45, 7) is 1.87. The molecule has 0 aromatic heterocycles. The molecule has 0 unspecified atom stereocenters. The van der Waals surface area contributed by atoms with E-state index in [0.717, 1.165) is 5.56 Å². The molecule has 0 radical (unpaired) electrons.